The predicted molar refractivity (Wildman–Crippen MR) is 108 cm³/mol. The maximum atomic E-state index is 12.5. The van der Waals surface area contributed by atoms with Gasteiger partial charge in [-0.05, 0) is 55.5 Å². The smallest absolute Gasteiger partial charge is 0.246 e. The zero-order valence-electron chi connectivity index (χ0n) is 15.2. The number of anilines is 3. The molecule has 1 aliphatic rings. The lowest BCUT2D eigenvalue weighted by molar-refractivity contribution is -0.117. The van der Waals surface area contributed by atoms with Gasteiger partial charge in [-0.25, -0.2) is 0 Å². The van der Waals surface area contributed by atoms with Crippen LogP contribution in [0.25, 0.3) is 0 Å². The van der Waals surface area contributed by atoms with Crippen LogP contribution in [0.2, 0.25) is 0 Å². The van der Waals surface area contributed by atoms with Crippen molar-refractivity contribution in [1.29, 1.82) is 0 Å². The summed E-state index contributed by atoms with van der Waals surface area (Å²) in [7, 11) is 0. The molecule has 0 fully saturated rings. The summed E-state index contributed by atoms with van der Waals surface area (Å²) in [5.41, 5.74) is 3.80. The average Bonchev–Trinajstić information content (AvgIpc) is 3.05. The van der Waals surface area contributed by atoms with Crippen LogP contribution in [0.1, 0.15) is 19.4 Å². The Kier molecular flexibility index (Phi) is 5.52. The zero-order chi connectivity index (χ0) is 18.7. The first-order chi connectivity index (χ1) is 12.5. The highest BCUT2D eigenvalue weighted by Crippen LogP contribution is 2.31. The molecule has 5 nitrogen and oxygen atoms in total. The predicted octanol–water partition coefficient (Wildman–Crippen LogP) is 3.76. The fraction of sp³-hybridized carbons (Fsp3) is 0.300. The van der Waals surface area contributed by atoms with E-state index in [1.165, 1.54) is 0 Å². The number of thioether (sulfide) groups is 1. The van der Waals surface area contributed by atoms with E-state index in [9.17, 15) is 9.59 Å². The first-order valence-electron chi connectivity index (χ1n) is 8.61. The quantitative estimate of drug-likeness (QED) is 0.788. The summed E-state index contributed by atoms with van der Waals surface area (Å²) >= 11 is 1.60. The number of benzene rings is 2. The van der Waals surface area contributed by atoms with E-state index in [1.54, 1.807) is 23.6 Å². The second-order valence-electron chi connectivity index (χ2n) is 6.32. The van der Waals surface area contributed by atoms with Crippen LogP contribution in [-0.4, -0.2) is 30.7 Å². The van der Waals surface area contributed by atoms with Gasteiger partial charge in [0.25, 0.3) is 0 Å². The Morgan fingerprint density at radius 2 is 1.96 bits per heavy atom. The van der Waals surface area contributed by atoms with Crippen molar-refractivity contribution in [3.05, 3.63) is 48.0 Å². The summed E-state index contributed by atoms with van der Waals surface area (Å²) in [5.74, 6) is -0.0259. The number of carbonyl (C=O) groups is 2. The molecule has 2 amide bonds. The lowest BCUT2D eigenvalue weighted by Crippen LogP contribution is -2.32. The van der Waals surface area contributed by atoms with Gasteiger partial charge in [0.05, 0.1) is 5.69 Å². The highest BCUT2D eigenvalue weighted by molar-refractivity contribution is 7.98. The van der Waals surface area contributed by atoms with E-state index < -0.39 is 0 Å². The fourth-order valence-electron chi connectivity index (χ4n) is 3.12. The molecule has 1 aliphatic heterocycles. The molecule has 1 atom stereocenters. The Hall–Kier alpha value is -2.47. The Bertz CT molecular complexity index is 838. The van der Waals surface area contributed by atoms with Crippen LogP contribution >= 0.6 is 11.8 Å². The second kappa shape index (κ2) is 7.83. The Morgan fingerprint density at radius 1 is 1.19 bits per heavy atom. The van der Waals surface area contributed by atoms with Crippen molar-refractivity contribution in [3.63, 3.8) is 0 Å². The number of nitrogens with one attached hydrogen (secondary N) is 2. The van der Waals surface area contributed by atoms with Crippen molar-refractivity contribution >= 4 is 40.6 Å². The molecule has 6 heteroatoms. The van der Waals surface area contributed by atoms with Gasteiger partial charge in [0, 0.05) is 29.7 Å². The summed E-state index contributed by atoms with van der Waals surface area (Å²) in [6.07, 6.45) is 2.83. The average molecular weight is 369 g/mol. The van der Waals surface area contributed by atoms with E-state index in [0.717, 1.165) is 40.5 Å². The summed E-state index contributed by atoms with van der Waals surface area (Å²) in [4.78, 5) is 27.0. The molecule has 0 bridgehead atoms. The highest BCUT2D eigenvalue weighted by atomic mass is 32.2. The fourth-order valence-corrected chi connectivity index (χ4v) is 3.68. The lowest BCUT2D eigenvalue weighted by Gasteiger charge is -2.18. The molecule has 26 heavy (non-hydrogen) atoms. The molecule has 0 aromatic heterocycles. The van der Waals surface area contributed by atoms with Gasteiger partial charge >= 0.3 is 0 Å². The minimum Gasteiger partial charge on any atom is -0.374 e. The van der Waals surface area contributed by atoms with E-state index in [1.807, 2.05) is 55.6 Å². The molecule has 0 aliphatic carbocycles. The van der Waals surface area contributed by atoms with E-state index >= 15 is 0 Å². The molecule has 0 saturated carbocycles. The van der Waals surface area contributed by atoms with E-state index in [4.69, 9.17) is 0 Å². The van der Waals surface area contributed by atoms with Crippen LogP contribution < -0.4 is 15.5 Å². The van der Waals surface area contributed by atoms with Crippen LogP contribution in [0.3, 0.4) is 0 Å². The summed E-state index contributed by atoms with van der Waals surface area (Å²) in [5, 5.41) is 6.23. The number of rotatable bonds is 5. The molecule has 0 spiro atoms. The van der Waals surface area contributed by atoms with Crippen LogP contribution in [0, 0.1) is 0 Å². The van der Waals surface area contributed by atoms with Crippen LogP contribution in [0.15, 0.2) is 47.4 Å². The van der Waals surface area contributed by atoms with Crippen LogP contribution in [0.4, 0.5) is 17.1 Å². The topological polar surface area (TPSA) is 61.4 Å². The maximum absolute atomic E-state index is 12.5. The molecular weight excluding hydrogens is 346 g/mol. The zero-order valence-corrected chi connectivity index (χ0v) is 16.0. The largest absolute Gasteiger partial charge is 0.374 e. The highest BCUT2D eigenvalue weighted by Gasteiger charge is 2.22. The number of nitrogens with zero attached hydrogens (tertiary/aromatic N) is 1. The molecule has 0 radical (unpaired) electrons. The number of para-hydroxylation sites is 1. The number of hydrogen-bond donors (Lipinski definition) is 2. The van der Waals surface area contributed by atoms with Gasteiger partial charge < -0.3 is 15.5 Å². The van der Waals surface area contributed by atoms with Crippen molar-refractivity contribution in [2.45, 2.75) is 31.2 Å². The van der Waals surface area contributed by atoms with Gasteiger partial charge in [-0.1, -0.05) is 12.1 Å². The van der Waals surface area contributed by atoms with E-state index in [2.05, 4.69) is 10.6 Å². The number of fused-ring (bicyclic) bond motifs is 1. The first-order valence-corrected chi connectivity index (χ1v) is 9.83. The van der Waals surface area contributed by atoms with Crippen molar-refractivity contribution in [3.8, 4) is 0 Å². The van der Waals surface area contributed by atoms with Gasteiger partial charge in [-0.3, -0.25) is 9.59 Å². The minimum absolute atomic E-state index is 0.0599. The molecule has 0 saturated heterocycles. The maximum Gasteiger partial charge on any atom is 0.246 e. The lowest BCUT2D eigenvalue weighted by atomic mass is 10.1. The molecule has 2 aromatic rings. The van der Waals surface area contributed by atoms with Gasteiger partial charge in [0.15, 0.2) is 0 Å². The van der Waals surface area contributed by atoms with Crippen LogP contribution in [-0.2, 0) is 16.0 Å². The normalized spacial score (nSPS) is 13.9. The van der Waals surface area contributed by atoms with Gasteiger partial charge in [-0.2, -0.15) is 0 Å². The molecule has 0 unspecified atom stereocenters. The molecule has 2 N–H and O–H groups in total. The van der Waals surface area contributed by atoms with Gasteiger partial charge in [-0.15, -0.1) is 11.8 Å². The third-order valence-electron chi connectivity index (χ3n) is 4.50. The third kappa shape index (κ3) is 3.85. The minimum atomic E-state index is -0.381. The van der Waals surface area contributed by atoms with Crippen LogP contribution in [0.5, 0.6) is 0 Å². The number of hydrogen-bond acceptors (Lipinski definition) is 4. The van der Waals surface area contributed by atoms with Crippen molar-refractivity contribution in [2.75, 3.05) is 28.3 Å². The summed E-state index contributed by atoms with van der Waals surface area (Å²) in [6, 6.07) is 13.3. The molecular formula is C20H23N3O2S. The Balaban J connectivity index is 1.67. The Labute approximate surface area is 158 Å². The van der Waals surface area contributed by atoms with E-state index in [-0.39, 0.29) is 17.9 Å². The van der Waals surface area contributed by atoms with Crippen molar-refractivity contribution < 1.29 is 9.59 Å². The molecule has 1 heterocycles. The van der Waals surface area contributed by atoms with E-state index in [0.29, 0.717) is 0 Å². The SMILES string of the molecule is CSc1ccccc1NC(=O)[C@@H](C)Nc1ccc2c(c1)CCN2C(C)=O. The summed E-state index contributed by atoms with van der Waals surface area (Å²) in [6.45, 7) is 4.14. The molecule has 3 rings (SSSR count). The number of amides is 2. The monoisotopic (exact) mass is 369 g/mol. The summed E-state index contributed by atoms with van der Waals surface area (Å²) < 4.78 is 0. The first kappa shape index (κ1) is 18.3. The Morgan fingerprint density at radius 3 is 2.69 bits per heavy atom. The molecule has 2 aromatic carbocycles. The second-order valence-corrected chi connectivity index (χ2v) is 7.17. The van der Waals surface area contributed by atoms with Gasteiger partial charge in [0.1, 0.15) is 6.04 Å². The molecule has 136 valence electrons. The van der Waals surface area contributed by atoms with Gasteiger partial charge in [0.2, 0.25) is 11.8 Å². The van der Waals surface area contributed by atoms with Crippen molar-refractivity contribution in [2.24, 2.45) is 0 Å². The van der Waals surface area contributed by atoms with Crippen molar-refractivity contribution in [1.82, 2.24) is 0 Å². The third-order valence-corrected chi connectivity index (χ3v) is 5.29. The number of carbonyl (C=O) groups excluding carboxylic acids is 2. The standard InChI is InChI=1S/C20H23N3O2S/c1-13(20(25)22-17-6-4-5-7-19(17)26-3)21-16-8-9-18-15(12-16)10-11-23(18)14(2)24/h4-9,12-13,21H,10-11H2,1-3H3,(H,22,25)/t13-/m1/s1.